The van der Waals surface area contributed by atoms with Crippen molar-refractivity contribution in [3.8, 4) is 0 Å². The van der Waals surface area contributed by atoms with E-state index < -0.39 is 0 Å². The molecule has 0 aromatic rings. The van der Waals surface area contributed by atoms with Crippen LogP contribution in [0.1, 0.15) is 77.6 Å². The van der Waals surface area contributed by atoms with E-state index in [9.17, 15) is 0 Å². The van der Waals surface area contributed by atoms with E-state index in [1.807, 2.05) is 0 Å². The van der Waals surface area contributed by atoms with Crippen LogP contribution >= 0.6 is 0 Å². The van der Waals surface area contributed by atoms with Crippen molar-refractivity contribution >= 4 is 0 Å². The zero-order valence-electron chi connectivity index (χ0n) is 13.4. The average Bonchev–Trinajstić information content (AvgIpc) is 2.37. The van der Waals surface area contributed by atoms with Crippen molar-refractivity contribution in [2.45, 2.75) is 83.6 Å². The summed E-state index contributed by atoms with van der Waals surface area (Å²) in [6, 6.07) is 0.622. The highest BCUT2D eigenvalue weighted by Crippen LogP contribution is 2.27. The quantitative estimate of drug-likeness (QED) is 0.538. The lowest BCUT2D eigenvalue weighted by atomic mass is 9.85. The molecule has 1 aliphatic carbocycles. The zero-order chi connectivity index (χ0) is 13.9. The van der Waals surface area contributed by atoms with Gasteiger partial charge < -0.3 is 10.6 Å². The number of nitrogens with two attached hydrogens (primary N) is 1. The fraction of sp³-hybridized carbons (Fsp3) is 1.00. The first kappa shape index (κ1) is 17.0. The summed E-state index contributed by atoms with van der Waals surface area (Å²) in [5, 5.41) is 0. The SMILES string of the molecule is CCCCCCCCCC(CN)N(C)CC1CCC1. The van der Waals surface area contributed by atoms with Crippen LogP contribution in [0.25, 0.3) is 0 Å². The first-order chi connectivity index (χ1) is 9.27. The number of nitrogens with zero attached hydrogens (tertiary/aromatic N) is 1. The molecule has 0 heterocycles. The lowest BCUT2D eigenvalue weighted by Gasteiger charge is -2.34. The second-order valence-electron chi connectivity index (χ2n) is 6.54. The van der Waals surface area contributed by atoms with Gasteiger partial charge in [-0.1, -0.05) is 58.3 Å². The average molecular weight is 268 g/mol. The van der Waals surface area contributed by atoms with E-state index in [4.69, 9.17) is 5.73 Å². The van der Waals surface area contributed by atoms with E-state index in [1.54, 1.807) is 0 Å². The normalized spacial score (nSPS) is 17.7. The van der Waals surface area contributed by atoms with Crippen molar-refractivity contribution < 1.29 is 0 Å². The molecule has 0 aliphatic heterocycles. The lowest BCUT2D eigenvalue weighted by Crippen LogP contribution is -2.41. The molecular weight excluding hydrogens is 232 g/mol. The third-order valence-corrected chi connectivity index (χ3v) is 4.81. The zero-order valence-corrected chi connectivity index (χ0v) is 13.4. The molecule has 0 amide bonds. The third-order valence-electron chi connectivity index (χ3n) is 4.81. The van der Waals surface area contributed by atoms with Crippen LogP contribution in [0.3, 0.4) is 0 Å². The minimum Gasteiger partial charge on any atom is -0.329 e. The van der Waals surface area contributed by atoms with Crippen LogP contribution in [0.4, 0.5) is 0 Å². The number of rotatable bonds is 12. The molecule has 2 nitrogen and oxygen atoms in total. The van der Waals surface area contributed by atoms with E-state index in [2.05, 4.69) is 18.9 Å². The first-order valence-corrected chi connectivity index (χ1v) is 8.68. The summed E-state index contributed by atoms with van der Waals surface area (Å²) in [7, 11) is 2.27. The summed E-state index contributed by atoms with van der Waals surface area (Å²) < 4.78 is 0. The predicted molar refractivity (Wildman–Crippen MR) is 85.4 cm³/mol. The molecule has 1 saturated carbocycles. The largest absolute Gasteiger partial charge is 0.329 e. The molecule has 0 aromatic heterocycles. The van der Waals surface area contributed by atoms with Gasteiger partial charge in [0.2, 0.25) is 0 Å². The smallest absolute Gasteiger partial charge is 0.0215 e. The van der Waals surface area contributed by atoms with E-state index in [0.717, 1.165) is 12.5 Å². The van der Waals surface area contributed by atoms with Crippen molar-refractivity contribution in [3.63, 3.8) is 0 Å². The minimum absolute atomic E-state index is 0.622. The van der Waals surface area contributed by atoms with Crippen molar-refractivity contribution in [1.29, 1.82) is 0 Å². The van der Waals surface area contributed by atoms with Gasteiger partial charge in [0, 0.05) is 19.1 Å². The van der Waals surface area contributed by atoms with Crippen LogP contribution < -0.4 is 5.73 Å². The summed E-state index contributed by atoms with van der Waals surface area (Å²) in [5.41, 5.74) is 5.95. The van der Waals surface area contributed by atoms with Crippen LogP contribution in [0, 0.1) is 5.92 Å². The second-order valence-corrected chi connectivity index (χ2v) is 6.54. The molecule has 1 unspecified atom stereocenters. The van der Waals surface area contributed by atoms with Crippen LogP contribution in [0.2, 0.25) is 0 Å². The summed E-state index contributed by atoms with van der Waals surface area (Å²) >= 11 is 0. The van der Waals surface area contributed by atoms with Gasteiger partial charge in [0.1, 0.15) is 0 Å². The highest BCUT2D eigenvalue weighted by Gasteiger charge is 2.22. The molecule has 1 rings (SSSR count). The predicted octanol–water partition coefficient (Wildman–Crippen LogP) is 4.19. The van der Waals surface area contributed by atoms with E-state index >= 15 is 0 Å². The molecule has 1 aliphatic rings. The Balaban J connectivity index is 2.00. The Labute approximate surface area is 121 Å². The minimum atomic E-state index is 0.622. The van der Waals surface area contributed by atoms with Gasteiger partial charge in [0.25, 0.3) is 0 Å². The van der Waals surface area contributed by atoms with Crippen molar-refractivity contribution in [1.82, 2.24) is 4.90 Å². The Morgan fingerprint density at radius 3 is 2.21 bits per heavy atom. The Kier molecular flexibility index (Phi) is 9.54. The summed E-state index contributed by atoms with van der Waals surface area (Å²) in [5.74, 6) is 0.966. The molecule has 2 N–H and O–H groups in total. The fourth-order valence-corrected chi connectivity index (χ4v) is 3.09. The molecule has 1 fully saturated rings. The summed E-state index contributed by atoms with van der Waals surface area (Å²) in [6.45, 7) is 4.39. The van der Waals surface area contributed by atoms with E-state index in [0.29, 0.717) is 6.04 Å². The third kappa shape index (κ3) is 7.31. The van der Waals surface area contributed by atoms with Gasteiger partial charge in [-0.05, 0) is 32.2 Å². The van der Waals surface area contributed by atoms with Crippen LogP contribution in [0.15, 0.2) is 0 Å². The van der Waals surface area contributed by atoms with Crippen molar-refractivity contribution in [2.24, 2.45) is 11.7 Å². The number of unbranched alkanes of at least 4 members (excludes halogenated alkanes) is 6. The maximum absolute atomic E-state index is 5.95. The van der Waals surface area contributed by atoms with E-state index in [1.165, 1.54) is 77.2 Å². The highest BCUT2D eigenvalue weighted by molar-refractivity contribution is 4.77. The second kappa shape index (κ2) is 10.7. The molecule has 19 heavy (non-hydrogen) atoms. The summed E-state index contributed by atoms with van der Waals surface area (Å²) in [6.07, 6.45) is 15.4. The maximum Gasteiger partial charge on any atom is 0.0215 e. The first-order valence-electron chi connectivity index (χ1n) is 8.68. The topological polar surface area (TPSA) is 29.3 Å². The van der Waals surface area contributed by atoms with Gasteiger partial charge in [-0.25, -0.2) is 0 Å². The molecule has 2 heteroatoms. The molecule has 0 radical (unpaired) electrons. The standard InChI is InChI=1S/C17H36N2/c1-3-4-5-6-7-8-9-13-17(14-18)19(2)15-16-11-10-12-16/h16-17H,3-15,18H2,1-2H3. The highest BCUT2D eigenvalue weighted by atomic mass is 15.1. The molecule has 0 saturated heterocycles. The van der Waals surface area contributed by atoms with Gasteiger partial charge in [0.05, 0.1) is 0 Å². The van der Waals surface area contributed by atoms with Crippen molar-refractivity contribution in [2.75, 3.05) is 20.1 Å². The Hall–Kier alpha value is -0.0800. The fourth-order valence-electron chi connectivity index (χ4n) is 3.09. The Morgan fingerprint density at radius 2 is 1.68 bits per heavy atom. The number of hydrogen-bond acceptors (Lipinski definition) is 2. The lowest BCUT2D eigenvalue weighted by molar-refractivity contribution is 0.157. The van der Waals surface area contributed by atoms with E-state index in [-0.39, 0.29) is 0 Å². The van der Waals surface area contributed by atoms with Gasteiger partial charge >= 0.3 is 0 Å². The van der Waals surface area contributed by atoms with Crippen molar-refractivity contribution in [3.05, 3.63) is 0 Å². The molecule has 0 spiro atoms. The van der Waals surface area contributed by atoms with Crippen LogP contribution in [0.5, 0.6) is 0 Å². The van der Waals surface area contributed by atoms with Gasteiger partial charge in [-0.2, -0.15) is 0 Å². The summed E-state index contributed by atoms with van der Waals surface area (Å²) in [4.78, 5) is 2.53. The number of likely N-dealkylation sites (N-methyl/N-ethyl adjacent to an activating group) is 1. The molecular formula is C17H36N2. The Bertz CT molecular complexity index is 201. The van der Waals surface area contributed by atoms with Crippen LogP contribution in [-0.4, -0.2) is 31.1 Å². The van der Waals surface area contributed by atoms with Gasteiger partial charge in [0.15, 0.2) is 0 Å². The number of hydrogen-bond donors (Lipinski definition) is 1. The molecule has 0 aromatic carbocycles. The molecule has 114 valence electrons. The Morgan fingerprint density at radius 1 is 1.05 bits per heavy atom. The monoisotopic (exact) mass is 268 g/mol. The molecule has 1 atom stereocenters. The van der Waals surface area contributed by atoms with Crippen LogP contribution in [-0.2, 0) is 0 Å². The van der Waals surface area contributed by atoms with Gasteiger partial charge in [-0.3, -0.25) is 0 Å². The van der Waals surface area contributed by atoms with Gasteiger partial charge in [-0.15, -0.1) is 0 Å². The maximum atomic E-state index is 5.95. The molecule has 0 bridgehead atoms.